The molecule has 0 unspecified atom stereocenters. The van der Waals surface area contributed by atoms with Crippen LogP contribution in [0.4, 0.5) is 19.2 Å². The Kier molecular flexibility index (Phi) is 15.3. The van der Waals surface area contributed by atoms with Crippen LogP contribution in [-0.2, 0) is 25.6 Å². The molecule has 4 amide bonds. The first-order valence-corrected chi connectivity index (χ1v) is 13.5. The monoisotopic (exact) mass is 566 g/mol. The summed E-state index contributed by atoms with van der Waals surface area (Å²) in [5.74, 6) is 0. The predicted octanol–water partition coefficient (Wildman–Crippen LogP) is 4.57. The number of nitrogens with one attached hydrogen (secondary N) is 3. The summed E-state index contributed by atoms with van der Waals surface area (Å²) in [7, 11) is 0. The Morgan fingerprint density at radius 3 is 1.88 bits per heavy atom. The number of rotatable bonds is 14. The Balaban J connectivity index is 2.24. The molecule has 1 rings (SSSR count). The van der Waals surface area contributed by atoms with Crippen LogP contribution < -0.4 is 16.0 Å². The van der Waals surface area contributed by atoms with Crippen molar-refractivity contribution in [1.82, 2.24) is 20.9 Å². The molecule has 0 aliphatic carbocycles. The minimum Gasteiger partial charge on any atom is -0.448 e. The van der Waals surface area contributed by atoms with Crippen molar-refractivity contribution in [3.63, 3.8) is 0 Å². The van der Waals surface area contributed by atoms with E-state index in [4.69, 9.17) is 18.9 Å². The molecule has 12 heteroatoms. The van der Waals surface area contributed by atoms with Gasteiger partial charge >= 0.3 is 24.4 Å². The van der Waals surface area contributed by atoms with Gasteiger partial charge in [-0.15, -0.1) is 0 Å². The first-order chi connectivity index (χ1) is 18.7. The van der Waals surface area contributed by atoms with E-state index in [0.717, 1.165) is 5.56 Å². The van der Waals surface area contributed by atoms with Gasteiger partial charge in [0.1, 0.15) is 24.4 Å². The topological polar surface area (TPSA) is 145 Å². The van der Waals surface area contributed by atoms with Crippen molar-refractivity contribution in [2.24, 2.45) is 0 Å². The van der Waals surface area contributed by atoms with Crippen LogP contribution in [0.3, 0.4) is 0 Å². The second-order valence-corrected chi connectivity index (χ2v) is 11.0. The van der Waals surface area contributed by atoms with Crippen molar-refractivity contribution in [1.29, 1.82) is 0 Å². The number of benzene rings is 1. The highest BCUT2D eigenvalue weighted by atomic mass is 16.6. The number of amides is 4. The third kappa shape index (κ3) is 18.5. The average molecular weight is 567 g/mol. The highest BCUT2D eigenvalue weighted by Crippen LogP contribution is 2.11. The largest absolute Gasteiger partial charge is 0.448 e. The Morgan fingerprint density at radius 2 is 1.23 bits per heavy atom. The molecule has 0 saturated heterocycles. The van der Waals surface area contributed by atoms with Gasteiger partial charge in [-0.2, -0.15) is 0 Å². The smallest absolute Gasteiger partial charge is 0.410 e. The molecule has 0 bridgehead atoms. The molecule has 40 heavy (non-hydrogen) atoms. The molecule has 0 radical (unpaired) electrons. The summed E-state index contributed by atoms with van der Waals surface area (Å²) in [6.07, 6.45) is -0.390. The van der Waals surface area contributed by atoms with Gasteiger partial charge in [-0.05, 0) is 66.4 Å². The number of carbonyl (C=O) groups excluding carboxylic acids is 4. The van der Waals surface area contributed by atoms with Crippen LogP contribution >= 0.6 is 0 Å². The van der Waals surface area contributed by atoms with Crippen molar-refractivity contribution >= 4 is 24.4 Å². The van der Waals surface area contributed by atoms with Crippen LogP contribution in [-0.4, -0.2) is 79.8 Å². The minimum absolute atomic E-state index is 0.00395. The van der Waals surface area contributed by atoms with Crippen LogP contribution in [0.5, 0.6) is 0 Å². The van der Waals surface area contributed by atoms with Crippen molar-refractivity contribution in [2.75, 3.05) is 39.3 Å². The van der Waals surface area contributed by atoms with Crippen LogP contribution in [0.25, 0.3) is 0 Å². The Morgan fingerprint density at radius 1 is 0.675 bits per heavy atom. The summed E-state index contributed by atoms with van der Waals surface area (Å²) in [4.78, 5) is 49.6. The lowest BCUT2D eigenvalue weighted by atomic mass is 10.2. The van der Waals surface area contributed by atoms with E-state index in [2.05, 4.69) is 16.0 Å². The van der Waals surface area contributed by atoms with E-state index in [0.29, 0.717) is 45.4 Å². The Bertz CT molecular complexity index is 913. The highest BCUT2D eigenvalue weighted by molar-refractivity contribution is 5.69. The van der Waals surface area contributed by atoms with Gasteiger partial charge in [0.25, 0.3) is 0 Å². The van der Waals surface area contributed by atoms with Crippen LogP contribution in [0.15, 0.2) is 30.3 Å². The summed E-state index contributed by atoms with van der Waals surface area (Å²) >= 11 is 0. The fraction of sp³-hybridized carbons (Fsp3) is 0.643. The molecule has 12 nitrogen and oxygen atoms in total. The maximum absolute atomic E-state index is 12.6. The lowest BCUT2D eigenvalue weighted by molar-refractivity contribution is 0.0244. The summed E-state index contributed by atoms with van der Waals surface area (Å²) < 4.78 is 20.8. The molecule has 1 aromatic rings. The molecule has 0 atom stereocenters. The van der Waals surface area contributed by atoms with E-state index < -0.39 is 35.6 Å². The standard InChI is InChI=1S/C28H46N4O8/c1-27(2,3)39-25(35)30-16-12-19-32(26(36)40-28(4,5)6)18-11-10-15-29-23(33)37-20-17-31-24(34)38-21-22-13-8-7-9-14-22/h7-9,13-14H,10-12,15-21H2,1-6H3,(H,29,33)(H,30,35)(H,31,34). The van der Waals surface area contributed by atoms with E-state index in [1.54, 1.807) is 46.4 Å². The zero-order chi connectivity index (χ0) is 30.0. The van der Waals surface area contributed by atoms with Gasteiger partial charge in [-0.3, -0.25) is 0 Å². The van der Waals surface area contributed by atoms with Crippen molar-refractivity contribution < 1.29 is 38.1 Å². The van der Waals surface area contributed by atoms with Crippen LogP contribution in [0.1, 0.15) is 66.4 Å². The summed E-state index contributed by atoms with van der Waals surface area (Å²) in [5.41, 5.74) is -0.346. The van der Waals surface area contributed by atoms with Gasteiger partial charge in [-0.25, -0.2) is 19.2 Å². The van der Waals surface area contributed by atoms with E-state index in [-0.39, 0.29) is 19.8 Å². The lowest BCUT2D eigenvalue weighted by Gasteiger charge is -2.27. The SMILES string of the molecule is CC(C)(C)OC(=O)NCCCN(CCCCNC(=O)OCCNC(=O)OCc1ccccc1)C(=O)OC(C)(C)C. The normalized spacial score (nSPS) is 11.2. The Labute approximate surface area is 237 Å². The lowest BCUT2D eigenvalue weighted by Crippen LogP contribution is -2.39. The van der Waals surface area contributed by atoms with Crippen LogP contribution in [0, 0.1) is 0 Å². The number of nitrogens with zero attached hydrogens (tertiary/aromatic N) is 1. The molecule has 1 aromatic carbocycles. The van der Waals surface area contributed by atoms with E-state index in [1.165, 1.54) is 0 Å². The summed E-state index contributed by atoms with van der Waals surface area (Å²) in [5, 5.41) is 7.83. The van der Waals surface area contributed by atoms with E-state index in [9.17, 15) is 19.2 Å². The maximum atomic E-state index is 12.6. The van der Waals surface area contributed by atoms with Gasteiger partial charge in [0.2, 0.25) is 0 Å². The van der Waals surface area contributed by atoms with Gasteiger partial charge < -0.3 is 39.8 Å². The molecule has 0 saturated carbocycles. The number of ether oxygens (including phenoxy) is 4. The maximum Gasteiger partial charge on any atom is 0.410 e. The molecule has 0 spiro atoms. The predicted molar refractivity (Wildman–Crippen MR) is 150 cm³/mol. The first-order valence-electron chi connectivity index (χ1n) is 13.5. The minimum atomic E-state index is -0.636. The Hall–Kier alpha value is -3.70. The number of carbonyl (C=O) groups is 4. The molecule has 0 aliphatic rings. The van der Waals surface area contributed by atoms with Crippen molar-refractivity contribution in [2.45, 2.75) is 78.6 Å². The van der Waals surface area contributed by atoms with Gasteiger partial charge in [0.05, 0.1) is 6.54 Å². The molecule has 0 heterocycles. The molecule has 3 N–H and O–H groups in total. The van der Waals surface area contributed by atoms with Crippen molar-refractivity contribution in [3.8, 4) is 0 Å². The third-order valence-corrected chi connectivity index (χ3v) is 4.87. The van der Waals surface area contributed by atoms with Crippen LogP contribution in [0.2, 0.25) is 0 Å². The average Bonchev–Trinajstić information content (AvgIpc) is 2.84. The first kappa shape index (κ1) is 34.3. The number of hydrogen-bond acceptors (Lipinski definition) is 8. The fourth-order valence-corrected chi connectivity index (χ4v) is 3.14. The van der Waals surface area contributed by atoms with E-state index in [1.807, 2.05) is 30.3 Å². The van der Waals surface area contributed by atoms with Gasteiger partial charge in [0, 0.05) is 26.2 Å². The highest BCUT2D eigenvalue weighted by Gasteiger charge is 2.22. The molecular formula is C28H46N4O8. The molecule has 0 fully saturated rings. The van der Waals surface area contributed by atoms with Gasteiger partial charge in [0.15, 0.2) is 0 Å². The number of hydrogen-bond donors (Lipinski definition) is 3. The third-order valence-electron chi connectivity index (χ3n) is 4.87. The number of unbranched alkanes of at least 4 members (excludes halogenated alkanes) is 1. The zero-order valence-electron chi connectivity index (χ0n) is 24.7. The quantitative estimate of drug-likeness (QED) is 0.219. The molecule has 226 valence electrons. The summed E-state index contributed by atoms with van der Waals surface area (Å²) in [6.45, 7) is 12.5. The van der Waals surface area contributed by atoms with Gasteiger partial charge in [-0.1, -0.05) is 30.3 Å². The zero-order valence-corrected chi connectivity index (χ0v) is 24.7. The molecular weight excluding hydrogens is 520 g/mol. The molecule has 0 aliphatic heterocycles. The summed E-state index contributed by atoms with van der Waals surface area (Å²) in [6, 6.07) is 9.29. The fourth-order valence-electron chi connectivity index (χ4n) is 3.14. The number of alkyl carbamates (subject to hydrolysis) is 3. The van der Waals surface area contributed by atoms with E-state index >= 15 is 0 Å². The second kappa shape index (κ2) is 17.8. The molecule has 0 aromatic heterocycles. The van der Waals surface area contributed by atoms with Crippen molar-refractivity contribution in [3.05, 3.63) is 35.9 Å². The second-order valence-electron chi connectivity index (χ2n) is 11.0.